The molecular formula is C11H14N4O. The summed E-state index contributed by atoms with van der Waals surface area (Å²) in [5.74, 6) is 0.944. The summed E-state index contributed by atoms with van der Waals surface area (Å²) in [6.07, 6.45) is 3.89. The van der Waals surface area contributed by atoms with Gasteiger partial charge in [-0.2, -0.15) is 5.10 Å². The minimum absolute atomic E-state index is 0.159. The zero-order valence-electron chi connectivity index (χ0n) is 9.40. The van der Waals surface area contributed by atoms with Gasteiger partial charge in [-0.1, -0.05) is 5.16 Å². The number of anilines is 1. The van der Waals surface area contributed by atoms with E-state index in [1.54, 1.807) is 0 Å². The number of rotatable bonds is 1. The Bertz CT molecular complexity index is 521. The van der Waals surface area contributed by atoms with E-state index in [0.717, 1.165) is 35.7 Å². The van der Waals surface area contributed by atoms with Gasteiger partial charge in [-0.15, -0.1) is 0 Å². The average molecular weight is 218 g/mol. The monoisotopic (exact) mass is 218 g/mol. The summed E-state index contributed by atoms with van der Waals surface area (Å²) < 4.78 is 7.26. The lowest BCUT2D eigenvalue weighted by atomic mass is 10.2. The number of aryl methyl sites for hydroxylation is 2. The van der Waals surface area contributed by atoms with Crippen molar-refractivity contribution < 1.29 is 4.52 Å². The van der Waals surface area contributed by atoms with Crippen LogP contribution in [-0.2, 0) is 6.42 Å². The van der Waals surface area contributed by atoms with Crippen molar-refractivity contribution in [3.8, 4) is 0 Å². The van der Waals surface area contributed by atoms with Gasteiger partial charge in [-0.25, -0.2) is 0 Å². The number of fused-ring (bicyclic) bond motifs is 1. The number of hydrogen-bond donors (Lipinski definition) is 1. The predicted octanol–water partition coefficient (Wildman–Crippen LogP) is 1.61. The predicted molar refractivity (Wildman–Crippen MR) is 59.1 cm³/mol. The van der Waals surface area contributed by atoms with Crippen LogP contribution in [0.4, 0.5) is 5.69 Å². The van der Waals surface area contributed by atoms with Gasteiger partial charge >= 0.3 is 0 Å². The molecule has 1 aliphatic rings. The second-order valence-corrected chi connectivity index (χ2v) is 4.32. The fourth-order valence-electron chi connectivity index (χ4n) is 2.29. The SMILES string of the molecule is Cc1nn(C2CCc3c(C)noc32)cc1N. The third kappa shape index (κ3) is 1.17. The van der Waals surface area contributed by atoms with Gasteiger partial charge in [0.2, 0.25) is 0 Å². The van der Waals surface area contributed by atoms with Crippen molar-refractivity contribution in [2.75, 3.05) is 5.73 Å². The Hall–Kier alpha value is -1.78. The topological polar surface area (TPSA) is 69.9 Å². The lowest BCUT2D eigenvalue weighted by molar-refractivity contribution is 0.334. The molecule has 84 valence electrons. The first-order valence-electron chi connectivity index (χ1n) is 5.43. The molecule has 0 spiro atoms. The van der Waals surface area contributed by atoms with Crippen molar-refractivity contribution in [3.63, 3.8) is 0 Å². The molecule has 1 unspecified atom stereocenters. The minimum Gasteiger partial charge on any atom is -0.396 e. The van der Waals surface area contributed by atoms with Crippen molar-refractivity contribution in [1.29, 1.82) is 0 Å². The van der Waals surface area contributed by atoms with E-state index in [-0.39, 0.29) is 6.04 Å². The highest BCUT2D eigenvalue weighted by atomic mass is 16.5. The van der Waals surface area contributed by atoms with Gasteiger partial charge in [-0.05, 0) is 26.7 Å². The molecule has 5 heteroatoms. The number of nitrogens with two attached hydrogens (primary N) is 1. The highest BCUT2D eigenvalue weighted by Crippen LogP contribution is 2.36. The average Bonchev–Trinajstić information content (AvgIpc) is 2.87. The summed E-state index contributed by atoms with van der Waals surface area (Å²) in [5, 5.41) is 8.40. The molecule has 0 fully saturated rings. The quantitative estimate of drug-likeness (QED) is 0.789. The van der Waals surface area contributed by atoms with Gasteiger partial charge in [0.1, 0.15) is 6.04 Å². The molecule has 0 saturated carbocycles. The Balaban J connectivity index is 2.04. The van der Waals surface area contributed by atoms with Crippen LogP contribution >= 0.6 is 0 Å². The van der Waals surface area contributed by atoms with Crippen LogP contribution in [0.15, 0.2) is 10.7 Å². The molecule has 0 bridgehead atoms. The maximum Gasteiger partial charge on any atom is 0.164 e. The fourth-order valence-corrected chi connectivity index (χ4v) is 2.29. The van der Waals surface area contributed by atoms with Crippen LogP contribution < -0.4 is 5.73 Å². The van der Waals surface area contributed by atoms with Gasteiger partial charge in [0.25, 0.3) is 0 Å². The first kappa shape index (κ1) is 9.45. The normalized spacial score (nSPS) is 19.0. The van der Waals surface area contributed by atoms with E-state index in [4.69, 9.17) is 10.3 Å². The maximum absolute atomic E-state index is 5.80. The summed E-state index contributed by atoms with van der Waals surface area (Å²) >= 11 is 0. The molecule has 1 aliphatic carbocycles. The van der Waals surface area contributed by atoms with Crippen molar-refractivity contribution >= 4 is 5.69 Å². The number of nitrogen functional groups attached to an aromatic ring is 1. The number of hydrogen-bond acceptors (Lipinski definition) is 4. The first-order chi connectivity index (χ1) is 7.66. The molecule has 2 N–H and O–H groups in total. The van der Waals surface area contributed by atoms with Gasteiger partial charge in [0, 0.05) is 11.8 Å². The van der Waals surface area contributed by atoms with Crippen molar-refractivity contribution in [2.24, 2.45) is 0 Å². The summed E-state index contributed by atoms with van der Waals surface area (Å²) in [6, 6.07) is 0.159. The molecule has 0 amide bonds. The van der Waals surface area contributed by atoms with Crippen LogP contribution in [0.2, 0.25) is 0 Å². The summed E-state index contributed by atoms with van der Waals surface area (Å²) in [5.41, 5.74) is 9.62. The molecular weight excluding hydrogens is 204 g/mol. The molecule has 0 aromatic carbocycles. The van der Waals surface area contributed by atoms with Crippen LogP contribution in [0.5, 0.6) is 0 Å². The number of aromatic nitrogens is 3. The van der Waals surface area contributed by atoms with Gasteiger partial charge in [0.05, 0.1) is 17.1 Å². The molecule has 16 heavy (non-hydrogen) atoms. The molecule has 0 aliphatic heterocycles. The van der Waals surface area contributed by atoms with Crippen LogP contribution in [0.25, 0.3) is 0 Å². The number of nitrogens with zero attached hydrogens (tertiary/aromatic N) is 3. The van der Waals surface area contributed by atoms with Gasteiger partial charge in [0.15, 0.2) is 5.76 Å². The van der Waals surface area contributed by atoms with E-state index in [0.29, 0.717) is 0 Å². The van der Waals surface area contributed by atoms with Gasteiger partial charge in [-0.3, -0.25) is 4.68 Å². The zero-order chi connectivity index (χ0) is 11.3. The Morgan fingerprint density at radius 3 is 2.94 bits per heavy atom. The van der Waals surface area contributed by atoms with E-state index in [9.17, 15) is 0 Å². The Kier molecular flexibility index (Phi) is 1.83. The minimum atomic E-state index is 0.159. The highest BCUT2D eigenvalue weighted by Gasteiger charge is 2.31. The molecule has 0 saturated heterocycles. The van der Waals surface area contributed by atoms with Crippen LogP contribution in [0.1, 0.15) is 35.2 Å². The summed E-state index contributed by atoms with van der Waals surface area (Å²) in [7, 11) is 0. The van der Waals surface area contributed by atoms with Crippen LogP contribution in [-0.4, -0.2) is 14.9 Å². The maximum atomic E-state index is 5.80. The van der Waals surface area contributed by atoms with Crippen molar-refractivity contribution in [3.05, 3.63) is 28.9 Å². The van der Waals surface area contributed by atoms with Crippen LogP contribution in [0, 0.1) is 13.8 Å². The fraction of sp³-hybridized carbons (Fsp3) is 0.455. The molecule has 2 aromatic rings. The van der Waals surface area contributed by atoms with E-state index >= 15 is 0 Å². The largest absolute Gasteiger partial charge is 0.396 e. The summed E-state index contributed by atoms with van der Waals surface area (Å²) in [4.78, 5) is 0. The molecule has 2 heterocycles. The third-order valence-electron chi connectivity index (χ3n) is 3.26. The molecule has 2 aromatic heterocycles. The summed E-state index contributed by atoms with van der Waals surface area (Å²) in [6.45, 7) is 3.89. The smallest absolute Gasteiger partial charge is 0.164 e. The Labute approximate surface area is 93.2 Å². The van der Waals surface area contributed by atoms with Crippen LogP contribution in [0.3, 0.4) is 0 Å². The molecule has 3 rings (SSSR count). The van der Waals surface area contributed by atoms with Crippen molar-refractivity contribution in [2.45, 2.75) is 32.7 Å². The zero-order valence-corrected chi connectivity index (χ0v) is 9.40. The molecule has 1 atom stereocenters. The van der Waals surface area contributed by atoms with E-state index in [2.05, 4.69) is 10.3 Å². The molecule has 0 radical (unpaired) electrons. The van der Waals surface area contributed by atoms with E-state index < -0.39 is 0 Å². The standard InChI is InChI=1S/C11H14N4O/c1-6-8-3-4-10(11(8)16-14-6)15-5-9(12)7(2)13-15/h5,10H,3-4,12H2,1-2H3. The van der Waals surface area contributed by atoms with Crippen molar-refractivity contribution in [1.82, 2.24) is 14.9 Å². The third-order valence-corrected chi connectivity index (χ3v) is 3.26. The van der Waals surface area contributed by atoms with E-state index in [1.807, 2.05) is 24.7 Å². The first-order valence-corrected chi connectivity index (χ1v) is 5.43. The second kappa shape index (κ2) is 3.10. The van der Waals surface area contributed by atoms with Gasteiger partial charge < -0.3 is 10.3 Å². The Morgan fingerprint density at radius 1 is 1.44 bits per heavy atom. The second-order valence-electron chi connectivity index (χ2n) is 4.32. The lowest BCUT2D eigenvalue weighted by Gasteiger charge is -2.07. The highest BCUT2D eigenvalue weighted by molar-refractivity contribution is 5.40. The molecule has 5 nitrogen and oxygen atoms in total. The Morgan fingerprint density at radius 2 is 2.25 bits per heavy atom. The van der Waals surface area contributed by atoms with E-state index in [1.165, 1.54) is 5.56 Å². The lowest BCUT2D eigenvalue weighted by Crippen LogP contribution is -2.07.